The largest absolute Gasteiger partial charge is 0.495 e. The predicted octanol–water partition coefficient (Wildman–Crippen LogP) is 3.11. The van der Waals surface area contributed by atoms with E-state index in [2.05, 4.69) is 9.71 Å². The van der Waals surface area contributed by atoms with E-state index in [1.54, 1.807) is 55.6 Å². The summed E-state index contributed by atoms with van der Waals surface area (Å²) in [7, 11) is -5.87. The molecular weight excluding hydrogens is 466 g/mol. The van der Waals surface area contributed by atoms with Crippen LogP contribution in [0, 0.1) is 0 Å². The molecule has 0 radical (unpaired) electrons. The Labute approximate surface area is 193 Å². The number of sulfone groups is 1. The molecule has 0 spiro atoms. The molecule has 9 nitrogen and oxygen atoms in total. The molecule has 1 unspecified atom stereocenters. The first-order valence-electron chi connectivity index (χ1n) is 10.4. The summed E-state index contributed by atoms with van der Waals surface area (Å²) < 4.78 is 65.5. The number of nitrogens with zero attached hydrogens (tertiary/aromatic N) is 2. The lowest BCUT2D eigenvalue weighted by atomic mass is 10.1. The van der Waals surface area contributed by atoms with Crippen LogP contribution in [0.15, 0.2) is 47.6 Å². The van der Waals surface area contributed by atoms with Gasteiger partial charge in [0.25, 0.3) is 0 Å². The zero-order valence-corrected chi connectivity index (χ0v) is 20.5. The van der Waals surface area contributed by atoms with Crippen molar-refractivity contribution in [2.75, 3.05) is 25.0 Å². The van der Waals surface area contributed by atoms with Gasteiger partial charge in [-0.2, -0.15) is 0 Å². The van der Waals surface area contributed by atoms with Crippen LogP contribution in [0.5, 0.6) is 5.75 Å². The third-order valence-corrected chi connectivity index (χ3v) is 9.90. The van der Waals surface area contributed by atoms with Crippen molar-refractivity contribution < 1.29 is 26.3 Å². The highest BCUT2D eigenvalue weighted by molar-refractivity contribution is 7.93. The lowest BCUT2D eigenvalue weighted by Gasteiger charge is -2.21. The van der Waals surface area contributed by atoms with Gasteiger partial charge in [-0.15, -0.1) is 0 Å². The Morgan fingerprint density at radius 1 is 1.18 bits per heavy atom. The minimum atomic E-state index is -3.71. The summed E-state index contributed by atoms with van der Waals surface area (Å²) in [5, 5.41) is -0.588. The molecule has 11 heteroatoms. The van der Waals surface area contributed by atoms with Crippen LogP contribution in [0.1, 0.15) is 27.2 Å². The van der Waals surface area contributed by atoms with Gasteiger partial charge in [-0.1, -0.05) is 12.1 Å². The van der Waals surface area contributed by atoms with E-state index >= 15 is 0 Å². The van der Waals surface area contributed by atoms with Gasteiger partial charge in [0.1, 0.15) is 21.5 Å². The molecule has 0 bridgehead atoms. The first-order chi connectivity index (χ1) is 15.4. The highest BCUT2D eigenvalue weighted by Gasteiger charge is 2.34. The fourth-order valence-electron chi connectivity index (χ4n) is 3.64. The highest BCUT2D eigenvalue weighted by atomic mass is 32.2. The van der Waals surface area contributed by atoms with Gasteiger partial charge >= 0.3 is 0 Å². The number of methoxy groups -OCH3 is 1. The number of rotatable bonds is 6. The standard InChI is InChI=1S/C22H27N3O6S2/c1-22(2,3)32(26,27)20-13-25-18(12-23-21(25)11-19(20)30-4)15-6-5-7-16(10-15)24-33(28,29)17-8-9-31-14-17/h5-7,10-13,17,24H,8-9,14H2,1-4H3. The maximum Gasteiger partial charge on any atom is 0.237 e. The van der Waals surface area contributed by atoms with E-state index in [9.17, 15) is 16.8 Å². The second-order valence-electron chi connectivity index (χ2n) is 8.91. The van der Waals surface area contributed by atoms with E-state index in [-0.39, 0.29) is 17.3 Å². The fourth-order valence-corrected chi connectivity index (χ4v) is 6.25. The van der Waals surface area contributed by atoms with Crippen LogP contribution in [0.4, 0.5) is 5.69 Å². The third kappa shape index (κ3) is 4.32. The van der Waals surface area contributed by atoms with Gasteiger partial charge in [0.2, 0.25) is 10.0 Å². The van der Waals surface area contributed by atoms with Crippen molar-refractivity contribution in [3.8, 4) is 17.0 Å². The number of ether oxygens (including phenoxy) is 2. The summed E-state index contributed by atoms with van der Waals surface area (Å²) in [5.41, 5.74) is 2.20. The number of imidazole rings is 1. The summed E-state index contributed by atoms with van der Waals surface area (Å²) in [6.45, 7) is 5.50. The van der Waals surface area contributed by atoms with Crippen molar-refractivity contribution in [1.29, 1.82) is 0 Å². The van der Waals surface area contributed by atoms with Crippen molar-refractivity contribution >= 4 is 31.2 Å². The number of hydrogen-bond acceptors (Lipinski definition) is 7. The van der Waals surface area contributed by atoms with E-state index in [1.165, 1.54) is 13.3 Å². The van der Waals surface area contributed by atoms with Gasteiger partial charge in [-0.05, 0) is 39.3 Å². The van der Waals surface area contributed by atoms with E-state index in [1.807, 2.05) is 6.07 Å². The summed E-state index contributed by atoms with van der Waals surface area (Å²) in [4.78, 5) is 4.45. The fraction of sp³-hybridized carbons (Fsp3) is 0.409. The Kier molecular flexibility index (Phi) is 5.92. The van der Waals surface area contributed by atoms with Crippen LogP contribution >= 0.6 is 0 Å². The summed E-state index contributed by atoms with van der Waals surface area (Å²) >= 11 is 0. The molecular formula is C22H27N3O6S2. The van der Waals surface area contributed by atoms with Crippen molar-refractivity contribution in [2.45, 2.75) is 42.1 Å². The van der Waals surface area contributed by atoms with Crippen LogP contribution in [-0.4, -0.2) is 56.5 Å². The smallest absolute Gasteiger partial charge is 0.237 e. The maximum atomic E-state index is 13.2. The zero-order chi connectivity index (χ0) is 24.0. The van der Waals surface area contributed by atoms with Gasteiger partial charge in [-0.25, -0.2) is 21.8 Å². The van der Waals surface area contributed by atoms with Crippen LogP contribution in [0.2, 0.25) is 0 Å². The van der Waals surface area contributed by atoms with E-state index in [0.717, 1.165) is 0 Å². The molecule has 1 aliphatic heterocycles. The first kappa shape index (κ1) is 23.5. The number of aromatic nitrogens is 2. The minimum Gasteiger partial charge on any atom is -0.495 e. The summed E-state index contributed by atoms with van der Waals surface area (Å²) in [6.07, 6.45) is 3.57. The van der Waals surface area contributed by atoms with E-state index in [4.69, 9.17) is 9.47 Å². The second kappa shape index (κ2) is 8.30. The summed E-state index contributed by atoms with van der Waals surface area (Å²) in [5.74, 6) is 0.217. The maximum absolute atomic E-state index is 13.2. The number of nitrogens with one attached hydrogen (secondary N) is 1. The Balaban J connectivity index is 1.78. The van der Waals surface area contributed by atoms with Crippen molar-refractivity contribution in [3.63, 3.8) is 0 Å². The monoisotopic (exact) mass is 493 g/mol. The zero-order valence-electron chi connectivity index (χ0n) is 18.9. The second-order valence-corrected chi connectivity index (χ2v) is 13.5. The molecule has 4 rings (SSSR count). The molecule has 1 aliphatic rings. The van der Waals surface area contributed by atoms with Gasteiger partial charge in [0, 0.05) is 30.1 Å². The van der Waals surface area contributed by atoms with E-state index in [0.29, 0.717) is 35.6 Å². The number of anilines is 1. The van der Waals surface area contributed by atoms with Gasteiger partial charge in [0.15, 0.2) is 9.84 Å². The molecule has 1 N–H and O–H groups in total. The molecule has 3 aromatic rings. The molecule has 0 amide bonds. The molecule has 0 saturated carbocycles. The molecule has 2 aromatic heterocycles. The van der Waals surface area contributed by atoms with E-state index < -0.39 is 29.9 Å². The molecule has 1 fully saturated rings. The molecule has 178 valence electrons. The molecule has 1 saturated heterocycles. The number of sulfonamides is 1. The molecule has 1 atom stereocenters. The summed E-state index contributed by atoms with van der Waals surface area (Å²) in [6, 6.07) is 8.47. The average molecular weight is 494 g/mol. The Hall–Kier alpha value is -2.63. The number of benzene rings is 1. The molecule has 33 heavy (non-hydrogen) atoms. The average Bonchev–Trinajstić information content (AvgIpc) is 3.42. The third-order valence-electron chi connectivity index (χ3n) is 5.64. The molecule has 0 aliphatic carbocycles. The highest BCUT2D eigenvalue weighted by Crippen LogP contribution is 2.34. The molecule has 3 heterocycles. The quantitative estimate of drug-likeness (QED) is 0.561. The lowest BCUT2D eigenvalue weighted by Crippen LogP contribution is -2.28. The lowest BCUT2D eigenvalue weighted by molar-refractivity contribution is 0.198. The number of hydrogen-bond donors (Lipinski definition) is 1. The van der Waals surface area contributed by atoms with Crippen molar-refractivity contribution in [2.24, 2.45) is 0 Å². The SMILES string of the molecule is COc1cc2ncc(-c3cccc(NS(=O)(=O)C4CCOC4)c3)n2cc1S(=O)(=O)C(C)(C)C. The van der Waals surface area contributed by atoms with Gasteiger partial charge in [0.05, 0.1) is 30.4 Å². The topological polar surface area (TPSA) is 116 Å². The Morgan fingerprint density at radius 2 is 1.94 bits per heavy atom. The van der Waals surface area contributed by atoms with Crippen LogP contribution in [0.3, 0.4) is 0 Å². The predicted molar refractivity (Wildman–Crippen MR) is 126 cm³/mol. The van der Waals surface area contributed by atoms with Gasteiger partial charge < -0.3 is 9.47 Å². The van der Waals surface area contributed by atoms with Crippen LogP contribution in [-0.2, 0) is 24.6 Å². The number of pyridine rings is 1. The first-order valence-corrected chi connectivity index (χ1v) is 13.5. The Morgan fingerprint density at radius 3 is 2.58 bits per heavy atom. The minimum absolute atomic E-state index is 0.0577. The van der Waals surface area contributed by atoms with Crippen LogP contribution < -0.4 is 9.46 Å². The number of fused-ring (bicyclic) bond motifs is 1. The van der Waals surface area contributed by atoms with Crippen molar-refractivity contribution in [1.82, 2.24) is 9.38 Å². The van der Waals surface area contributed by atoms with Crippen LogP contribution in [0.25, 0.3) is 16.9 Å². The molecule has 1 aromatic carbocycles. The van der Waals surface area contributed by atoms with Crippen molar-refractivity contribution in [3.05, 3.63) is 42.7 Å². The van der Waals surface area contributed by atoms with Gasteiger partial charge in [-0.3, -0.25) is 9.12 Å². The normalized spacial score (nSPS) is 17.4. The Bertz CT molecular complexity index is 1400.